The van der Waals surface area contributed by atoms with Crippen LogP contribution >= 0.6 is 23.7 Å². The number of nitrogens with zero attached hydrogens (tertiary/aromatic N) is 1. The van der Waals surface area contributed by atoms with Gasteiger partial charge in [-0.3, -0.25) is 4.79 Å². The number of nitrogens with one attached hydrogen (secondary N) is 2. The number of hydrogen-bond donors (Lipinski definition) is 2. The highest BCUT2D eigenvalue weighted by Crippen LogP contribution is 2.25. The summed E-state index contributed by atoms with van der Waals surface area (Å²) in [5, 5.41) is 8.15. The van der Waals surface area contributed by atoms with Gasteiger partial charge in [0.05, 0.1) is 12.3 Å². The Labute approximate surface area is 143 Å². The minimum atomic E-state index is -0.411. The third-order valence-corrected chi connectivity index (χ3v) is 4.33. The second kappa shape index (κ2) is 7.83. The Morgan fingerprint density at radius 1 is 1.52 bits per heavy atom. The molecule has 124 valence electrons. The molecule has 1 aromatic heterocycles. The highest BCUT2D eigenvalue weighted by Gasteiger charge is 2.19. The summed E-state index contributed by atoms with van der Waals surface area (Å²) in [6.07, 6.45) is 0.625. The van der Waals surface area contributed by atoms with Crippen molar-refractivity contribution in [2.24, 2.45) is 0 Å². The summed E-state index contributed by atoms with van der Waals surface area (Å²) in [4.78, 5) is 16.3. The second-order valence-corrected chi connectivity index (χ2v) is 5.95. The van der Waals surface area contributed by atoms with E-state index in [-0.39, 0.29) is 29.6 Å². The van der Waals surface area contributed by atoms with Crippen molar-refractivity contribution in [3.8, 4) is 0 Å². The number of benzene rings is 1. The molecule has 1 aliphatic heterocycles. The van der Waals surface area contributed by atoms with Crippen LogP contribution in [0.25, 0.3) is 0 Å². The van der Waals surface area contributed by atoms with Crippen LogP contribution in [0.1, 0.15) is 26.6 Å². The van der Waals surface area contributed by atoms with Crippen LogP contribution in [0, 0.1) is 5.82 Å². The van der Waals surface area contributed by atoms with E-state index < -0.39 is 5.91 Å². The number of carbonyl (C=O) groups excluding carboxylic acids is 1. The van der Waals surface area contributed by atoms with Crippen molar-refractivity contribution in [2.75, 3.05) is 19.0 Å². The Morgan fingerprint density at radius 2 is 2.35 bits per heavy atom. The van der Waals surface area contributed by atoms with E-state index in [4.69, 9.17) is 4.74 Å². The molecule has 0 spiro atoms. The van der Waals surface area contributed by atoms with Gasteiger partial charge in [0.1, 0.15) is 16.5 Å². The van der Waals surface area contributed by atoms with E-state index in [2.05, 4.69) is 15.6 Å². The molecule has 0 bridgehead atoms. The number of fused-ring (bicyclic) bond motifs is 1. The second-order valence-electron chi connectivity index (χ2n) is 5.01. The standard InChI is InChI=1S/C15H16FN3O2S.ClH/c1-21-7-13-18-12(8-22-13)15(20)19-11-3-2-9-6-17-5-4-10(9)14(11)16;/h2-3,8,17H,4-7H2,1H3,(H,19,20);1H. The van der Waals surface area contributed by atoms with Gasteiger partial charge < -0.3 is 15.4 Å². The van der Waals surface area contributed by atoms with Gasteiger partial charge in [-0.1, -0.05) is 6.07 Å². The van der Waals surface area contributed by atoms with Crippen molar-refractivity contribution >= 4 is 35.3 Å². The highest BCUT2D eigenvalue weighted by atomic mass is 35.5. The largest absolute Gasteiger partial charge is 0.378 e. The maximum absolute atomic E-state index is 14.5. The average molecular weight is 358 g/mol. The van der Waals surface area contributed by atoms with Crippen molar-refractivity contribution < 1.29 is 13.9 Å². The van der Waals surface area contributed by atoms with Gasteiger partial charge in [-0.15, -0.1) is 23.7 Å². The summed E-state index contributed by atoms with van der Waals surface area (Å²) >= 11 is 1.34. The number of halogens is 2. The lowest BCUT2D eigenvalue weighted by molar-refractivity contribution is 0.102. The van der Waals surface area contributed by atoms with Gasteiger partial charge in [0, 0.05) is 19.0 Å². The van der Waals surface area contributed by atoms with Crippen LogP contribution in [0.5, 0.6) is 0 Å². The zero-order valence-corrected chi connectivity index (χ0v) is 14.2. The molecule has 0 radical (unpaired) electrons. The van der Waals surface area contributed by atoms with E-state index >= 15 is 0 Å². The minimum Gasteiger partial charge on any atom is -0.378 e. The van der Waals surface area contributed by atoms with Gasteiger partial charge in [-0.25, -0.2) is 9.37 Å². The van der Waals surface area contributed by atoms with Crippen molar-refractivity contribution in [1.82, 2.24) is 10.3 Å². The molecule has 23 heavy (non-hydrogen) atoms. The van der Waals surface area contributed by atoms with Crippen LogP contribution in [0.4, 0.5) is 10.1 Å². The van der Waals surface area contributed by atoms with Gasteiger partial charge in [0.25, 0.3) is 5.91 Å². The van der Waals surface area contributed by atoms with E-state index in [0.717, 1.165) is 12.1 Å². The molecule has 2 aromatic rings. The van der Waals surface area contributed by atoms with Gasteiger partial charge in [-0.2, -0.15) is 0 Å². The number of aromatic nitrogens is 1. The maximum atomic E-state index is 14.5. The summed E-state index contributed by atoms with van der Waals surface area (Å²) < 4.78 is 19.4. The van der Waals surface area contributed by atoms with Crippen LogP contribution in [-0.2, 0) is 24.3 Å². The summed E-state index contributed by atoms with van der Waals surface area (Å²) in [5.41, 5.74) is 2.09. The fraction of sp³-hybridized carbons (Fsp3) is 0.333. The topological polar surface area (TPSA) is 63.2 Å². The number of anilines is 1. The summed E-state index contributed by atoms with van der Waals surface area (Å²) in [7, 11) is 1.57. The van der Waals surface area contributed by atoms with Gasteiger partial charge in [0.2, 0.25) is 0 Å². The lowest BCUT2D eigenvalue weighted by Gasteiger charge is -2.19. The monoisotopic (exact) mass is 357 g/mol. The first-order valence-electron chi connectivity index (χ1n) is 6.94. The number of methoxy groups -OCH3 is 1. The van der Waals surface area contributed by atoms with E-state index in [1.165, 1.54) is 11.3 Å². The number of ether oxygens (including phenoxy) is 1. The van der Waals surface area contributed by atoms with Gasteiger partial charge in [0.15, 0.2) is 0 Å². The van der Waals surface area contributed by atoms with Crippen LogP contribution in [0.3, 0.4) is 0 Å². The van der Waals surface area contributed by atoms with Crippen LogP contribution in [0.15, 0.2) is 17.5 Å². The van der Waals surface area contributed by atoms with Crippen molar-refractivity contribution in [3.63, 3.8) is 0 Å². The normalized spacial score (nSPS) is 13.1. The molecule has 0 saturated carbocycles. The smallest absolute Gasteiger partial charge is 0.275 e. The van der Waals surface area contributed by atoms with Crippen LogP contribution < -0.4 is 10.6 Å². The molecular weight excluding hydrogens is 341 g/mol. The number of amides is 1. The molecule has 5 nitrogen and oxygen atoms in total. The van der Waals surface area contributed by atoms with Crippen molar-refractivity contribution in [3.05, 3.63) is 45.2 Å². The first-order chi connectivity index (χ1) is 10.7. The fourth-order valence-electron chi connectivity index (χ4n) is 2.42. The van der Waals surface area contributed by atoms with Gasteiger partial charge >= 0.3 is 0 Å². The summed E-state index contributed by atoms with van der Waals surface area (Å²) in [5.74, 6) is -0.758. The molecule has 0 aliphatic carbocycles. The SMILES string of the molecule is COCc1nc(C(=O)Nc2ccc3c(c2F)CCNC3)cs1.Cl. The first kappa shape index (κ1) is 17.8. The molecule has 1 aliphatic rings. The minimum absolute atomic E-state index is 0. The third-order valence-electron chi connectivity index (χ3n) is 3.51. The molecule has 0 fully saturated rings. The molecule has 0 unspecified atom stereocenters. The Bertz CT molecular complexity index is 708. The highest BCUT2D eigenvalue weighted by molar-refractivity contribution is 7.09. The number of rotatable bonds is 4. The number of hydrogen-bond acceptors (Lipinski definition) is 5. The molecule has 2 N–H and O–H groups in total. The van der Waals surface area contributed by atoms with Gasteiger partial charge in [-0.05, 0) is 30.2 Å². The van der Waals surface area contributed by atoms with E-state index in [1.54, 1.807) is 18.6 Å². The summed E-state index contributed by atoms with van der Waals surface area (Å²) in [6, 6.07) is 3.44. The maximum Gasteiger partial charge on any atom is 0.275 e. The van der Waals surface area contributed by atoms with Crippen LogP contribution in [-0.4, -0.2) is 24.5 Å². The molecular formula is C15H17ClFN3O2S. The van der Waals surface area contributed by atoms with E-state index in [0.29, 0.717) is 30.1 Å². The summed E-state index contributed by atoms with van der Waals surface area (Å²) in [6.45, 7) is 1.76. The quantitative estimate of drug-likeness (QED) is 0.883. The Kier molecular flexibility index (Phi) is 6.06. The lowest BCUT2D eigenvalue weighted by atomic mass is 9.99. The predicted octanol–water partition coefficient (Wildman–Crippen LogP) is 2.75. The molecule has 2 heterocycles. The molecule has 3 rings (SSSR count). The Morgan fingerprint density at radius 3 is 3.13 bits per heavy atom. The molecule has 0 saturated heterocycles. The first-order valence-corrected chi connectivity index (χ1v) is 7.82. The van der Waals surface area contributed by atoms with Crippen LogP contribution in [0.2, 0.25) is 0 Å². The number of thiazole rings is 1. The Balaban J connectivity index is 0.00000192. The fourth-order valence-corrected chi connectivity index (χ4v) is 3.17. The Hall–Kier alpha value is -1.54. The zero-order chi connectivity index (χ0) is 15.5. The number of carbonyl (C=O) groups is 1. The molecule has 8 heteroatoms. The molecule has 0 atom stereocenters. The zero-order valence-electron chi connectivity index (χ0n) is 12.5. The third kappa shape index (κ3) is 3.87. The predicted molar refractivity (Wildman–Crippen MR) is 89.8 cm³/mol. The van der Waals surface area contributed by atoms with E-state index in [9.17, 15) is 9.18 Å². The van der Waals surface area contributed by atoms with E-state index in [1.807, 2.05) is 6.07 Å². The molecule has 1 aromatic carbocycles. The van der Waals surface area contributed by atoms with Crippen molar-refractivity contribution in [2.45, 2.75) is 19.6 Å². The van der Waals surface area contributed by atoms with Crippen molar-refractivity contribution in [1.29, 1.82) is 0 Å². The average Bonchev–Trinajstić information content (AvgIpc) is 2.99. The molecule has 1 amide bonds. The lowest BCUT2D eigenvalue weighted by Crippen LogP contribution is -2.25.